The van der Waals surface area contributed by atoms with Gasteiger partial charge in [0, 0.05) is 5.97 Å². The van der Waals surface area contributed by atoms with Crippen molar-refractivity contribution in [1.29, 1.82) is 0 Å². The van der Waals surface area contributed by atoms with Crippen molar-refractivity contribution in [1.82, 2.24) is 0 Å². The first-order chi connectivity index (χ1) is 4.00. The second kappa shape index (κ2) is 11.7. The van der Waals surface area contributed by atoms with E-state index in [1.807, 2.05) is 0 Å². The summed E-state index contributed by atoms with van der Waals surface area (Å²) in [6.45, 7) is 4.09. The van der Waals surface area contributed by atoms with E-state index < -0.39 is 11.9 Å². The summed E-state index contributed by atoms with van der Waals surface area (Å²) in [5.74, 6) is -2.08. The van der Waals surface area contributed by atoms with E-state index in [9.17, 15) is 9.90 Å². The molecule has 0 unspecified atom stereocenters. The zero-order valence-electron chi connectivity index (χ0n) is 6.09. The number of carboxylic acid groups (broad SMARTS) is 2. The van der Waals surface area contributed by atoms with Crippen molar-refractivity contribution in [2.75, 3.05) is 0 Å². The van der Waals surface area contributed by atoms with Gasteiger partial charge >= 0.3 is 35.5 Å². The number of aliphatic carboxylic acids is 2. The molecule has 0 heterocycles. The fourth-order valence-electron chi connectivity index (χ4n) is 0. The molecule has 0 rings (SSSR count). The molecule has 0 aromatic rings. The third-order valence-electron chi connectivity index (χ3n) is 0.289. The molecular formula is C5H8NaO4. The summed E-state index contributed by atoms with van der Waals surface area (Å²) in [4.78, 5) is 18.1. The van der Waals surface area contributed by atoms with Gasteiger partial charge in [-0.05, 0) is 6.42 Å². The Hall–Kier alpha value is -0.0600. The van der Waals surface area contributed by atoms with Crippen LogP contribution in [0.2, 0.25) is 0 Å². The van der Waals surface area contributed by atoms with Gasteiger partial charge in [0.2, 0.25) is 0 Å². The van der Waals surface area contributed by atoms with Gasteiger partial charge < -0.3 is 15.0 Å². The summed E-state index contributed by atoms with van der Waals surface area (Å²) in [7, 11) is 0. The molecule has 0 atom stereocenters. The number of carbonyl (C=O) groups excluding carboxylic acids is 1. The summed E-state index contributed by atoms with van der Waals surface area (Å²) in [6, 6.07) is 0. The van der Waals surface area contributed by atoms with Gasteiger partial charge in [0.05, 0.1) is 6.92 Å². The molecule has 0 aromatic carbocycles. The Balaban J connectivity index is -0.0000000910. The fourth-order valence-corrected chi connectivity index (χ4v) is 0. The van der Waals surface area contributed by atoms with Gasteiger partial charge in [-0.3, -0.25) is 4.79 Å². The monoisotopic (exact) mass is 155 g/mol. The van der Waals surface area contributed by atoms with Crippen LogP contribution in [0.1, 0.15) is 13.3 Å². The summed E-state index contributed by atoms with van der Waals surface area (Å²) >= 11 is 0. The first kappa shape index (κ1) is 16.5. The van der Waals surface area contributed by atoms with Crippen molar-refractivity contribution < 1.29 is 49.4 Å². The average molecular weight is 155 g/mol. The van der Waals surface area contributed by atoms with Gasteiger partial charge in [0.15, 0.2) is 0 Å². The number of hydrogen-bond acceptors (Lipinski definition) is 3. The van der Waals surface area contributed by atoms with E-state index in [4.69, 9.17) is 9.90 Å². The molecule has 5 heteroatoms. The molecule has 1 radical (unpaired) electrons. The van der Waals surface area contributed by atoms with Crippen LogP contribution in [0.3, 0.4) is 0 Å². The van der Waals surface area contributed by atoms with E-state index in [-0.39, 0.29) is 36.0 Å². The maximum absolute atomic E-state index is 9.26. The zero-order valence-corrected chi connectivity index (χ0v) is 8.09. The number of carbonyl (C=O) groups is 2. The molecule has 0 bridgehead atoms. The largest absolute Gasteiger partial charge is 1.00 e. The van der Waals surface area contributed by atoms with Crippen LogP contribution in [0.5, 0.6) is 0 Å². The molecule has 0 aliphatic rings. The quantitative estimate of drug-likeness (QED) is 0.392. The van der Waals surface area contributed by atoms with E-state index >= 15 is 0 Å². The minimum Gasteiger partial charge on any atom is -0.550 e. The minimum atomic E-state index is -1.08. The van der Waals surface area contributed by atoms with Crippen LogP contribution >= 0.6 is 0 Å². The topological polar surface area (TPSA) is 77.4 Å². The van der Waals surface area contributed by atoms with Crippen LogP contribution in [-0.4, -0.2) is 17.0 Å². The molecule has 53 valence electrons. The molecule has 1 N–H and O–H groups in total. The molecule has 0 spiro atoms. The predicted molar refractivity (Wildman–Crippen MR) is 28.3 cm³/mol. The first-order valence-electron chi connectivity index (χ1n) is 2.25. The van der Waals surface area contributed by atoms with Gasteiger partial charge in [0.25, 0.3) is 0 Å². The van der Waals surface area contributed by atoms with Crippen LogP contribution in [-0.2, 0) is 9.59 Å². The SMILES string of the molecule is CCC(=O)[O-].[CH2]C(=O)O.[Na+]. The third-order valence-corrected chi connectivity index (χ3v) is 0.289. The zero-order chi connectivity index (χ0) is 7.86. The van der Waals surface area contributed by atoms with Crippen molar-refractivity contribution in [3.63, 3.8) is 0 Å². The van der Waals surface area contributed by atoms with Crippen LogP contribution in [0.25, 0.3) is 0 Å². The fraction of sp³-hybridized carbons (Fsp3) is 0.400. The minimum absolute atomic E-state index is 0. The van der Waals surface area contributed by atoms with E-state index in [2.05, 4.69) is 6.92 Å². The third kappa shape index (κ3) is 102. The Morgan fingerprint density at radius 3 is 1.70 bits per heavy atom. The maximum atomic E-state index is 9.26. The van der Waals surface area contributed by atoms with Crippen molar-refractivity contribution in [2.45, 2.75) is 13.3 Å². The Morgan fingerprint density at radius 1 is 1.60 bits per heavy atom. The Labute approximate surface area is 81.5 Å². The Morgan fingerprint density at radius 2 is 1.70 bits per heavy atom. The van der Waals surface area contributed by atoms with Crippen molar-refractivity contribution in [3.8, 4) is 0 Å². The second-order valence-electron chi connectivity index (χ2n) is 1.12. The molecule has 0 aliphatic heterocycles. The van der Waals surface area contributed by atoms with Gasteiger partial charge in [-0.1, -0.05) is 6.92 Å². The van der Waals surface area contributed by atoms with E-state index in [0.29, 0.717) is 0 Å². The van der Waals surface area contributed by atoms with Crippen molar-refractivity contribution in [2.24, 2.45) is 0 Å². The molecule has 4 nitrogen and oxygen atoms in total. The normalized spacial score (nSPS) is 6.20. The number of carboxylic acids is 2. The van der Waals surface area contributed by atoms with E-state index in [1.54, 1.807) is 0 Å². The van der Waals surface area contributed by atoms with Gasteiger partial charge in [-0.15, -0.1) is 0 Å². The molecule has 10 heavy (non-hydrogen) atoms. The van der Waals surface area contributed by atoms with Crippen molar-refractivity contribution >= 4 is 11.9 Å². The molecule has 0 fully saturated rings. The molecule has 0 aromatic heterocycles. The van der Waals surface area contributed by atoms with E-state index in [0.717, 1.165) is 0 Å². The molecule has 0 aliphatic carbocycles. The molecule has 0 saturated carbocycles. The molecule has 0 amide bonds. The standard InChI is InChI=1S/C3H6O2.C2H3O2.Na/c1-2-3(4)5;1-2(3)4;/h2H2,1H3,(H,4,5);1H2,(H,3,4);/q;;+1/p-1. The van der Waals surface area contributed by atoms with Gasteiger partial charge in [0.1, 0.15) is 0 Å². The average Bonchev–Trinajstić information content (AvgIpc) is 1.65. The predicted octanol–water partition coefficient (Wildman–Crippen LogP) is -3.94. The Kier molecular flexibility index (Phi) is 19.3. The smallest absolute Gasteiger partial charge is 0.550 e. The van der Waals surface area contributed by atoms with Crippen molar-refractivity contribution in [3.05, 3.63) is 6.92 Å². The van der Waals surface area contributed by atoms with Crippen LogP contribution in [0.4, 0.5) is 0 Å². The van der Waals surface area contributed by atoms with Gasteiger partial charge in [-0.2, -0.15) is 0 Å². The summed E-state index contributed by atoms with van der Waals surface area (Å²) < 4.78 is 0. The summed E-state index contributed by atoms with van der Waals surface area (Å²) in [5.41, 5.74) is 0. The maximum Gasteiger partial charge on any atom is 1.00 e. The summed E-state index contributed by atoms with van der Waals surface area (Å²) in [5, 5.41) is 16.6. The number of hydrogen-bond donors (Lipinski definition) is 1. The number of rotatable bonds is 1. The van der Waals surface area contributed by atoms with Gasteiger partial charge in [-0.25, -0.2) is 0 Å². The van der Waals surface area contributed by atoms with Crippen LogP contribution in [0.15, 0.2) is 0 Å². The van der Waals surface area contributed by atoms with Crippen LogP contribution in [0, 0.1) is 6.92 Å². The van der Waals surface area contributed by atoms with E-state index in [1.165, 1.54) is 6.92 Å². The van der Waals surface area contributed by atoms with Crippen LogP contribution < -0.4 is 34.7 Å². The molecule has 0 saturated heterocycles. The summed E-state index contributed by atoms with van der Waals surface area (Å²) in [6.07, 6.45) is 0.111. The molecular weight excluding hydrogens is 147 g/mol. The first-order valence-corrected chi connectivity index (χ1v) is 2.25. The Bertz CT molecular complexity index is 97.8. The second-order valence-corrected chi connectivity index (χ2v) is 1.12.